The summed E-state index contributed by atoms with van der Waals surface area (Å²) in [6.07, 6.45) is 2.00. The smallest absolute Gasteiger partial charge is 0.234 e. The van der Waals surface area contributed by atoms with Crippen LogP contribution in [-0.4, -0.2) is 25.2 Å². The Labute approximate surface area is 108 Å². The number of ether oxygens (including phenoxy) is 1. The van der Waals surface area contributed by atoms with Crippen molar-refractivity contribution in [1.82, 2.24) is 5.32 Å². The van der Waals surface area contributed by atoms with Crippen LogP contribution < -0.4 is 11.1 Å². The Morgan fingerprint density at radius 3 is 2.83 bits per heavy atom. The highest BCUT2D eigenvalue weighted by Gasteiger charge is 2.27. The molecule has 0 radical (unpaired) electrons. The van der Waals surface area contributed by atoms with Gasteiger partial charge in [-0.05, 0) is 18.4 Å². The molecule has 98 valence electrons. The summed E-state index contributed by atoms with van der Waals surface area (Å²) in [7, 11) is 0. The predicted molar refractivity (Wildman–Crippen MR) is 69.8 cm³/mol. The lowest BCUT2D eigenvalue weighted by Gasteiger charge is -2.28. The number of hydrogen-bond acceptors (Lipinski definition) is 3. The molecule has 4 heteroatoms. The number of amides is 1. The topological polar surface area (TPSA) is 64.4 Å². The Balaban J connectivity index is 1.92. The van der Waals surface area contributed by atoms with Gasteiger partial charge >= 0.3 is 0 Å². The molecule has 3 N–H and O–H groups in total. The molecule has 1 aliphatic heterocycles. The van der Waals surface area contributed by atoms with Gasteiger partial charge in [0, 0.05) is 19.1 Å². The van der Waals surface area contributed by atoms with Gasteiger partial charge in [-0.15, -0.1) is 0 Å². The maximum atomic E-state index is 11.5. The summed E-state index contributed by atoms with van der Waals surface area (Å²) in [5, 5.41) is 3.25. The van der Waals surface area contributed by atoms with Gasteiger partial charge in [-0.25, -0.2) is 0 Å². The van der Waals surface area contributed by atoms with Crippen molar-refractivity contribution >= 4 is 5.91 Å². The zero-order valence-corrected chi connectivity index (χ0v) is 10.5. The van der Waals surface area contributed by atoms with Gasteiger partial charge in [-0.3, -0.25) is 4.79 Å². The quantitative estimate of drug-likeness (QED) is 0.819. The van der Waals surface area contributed by atoms with Gasteiger partial charge in [-0.1, -0.05) is 30.3 Å². The Morgan fingerprint density at radius 2 is 2.22 bits per heavy atom. The van der Waals surface area contributed by atoms with Gasteiger partial charge in [0.15, 0.2) is 0 Å². The molecule has 0 aliphatic carbocycles. The monoisotopic (exact) mass is 248 g/mol. The van der Waals surface area contributed by atoms with E-state index in [-0.39, 0.29) is 17.9 Å². The molecule has 18 heavy (non-hydrogen) atoms. The van der Waals surface area contributed by atoms with Crippen molar-refractivity contribution in [3.05, 3.63) is 35.9 Å². The molecule has 0 saturated carbocycles. The molecule has 0 aromatic heterocycles. The number of rotatable bonds is 5. The SMILES string of the molecule is NC(=O)C(NCc1ccccc1)C1CCCOC1. The van der Waals surface area contributed by atoms with Crippen LogP contribution in [0.4, 0.5) is 0 Å². The second kappa shape index (κ2) is 6.52. The predicted octanol–water partition coefficient (Wildman–Crippen LogP) is 1.06. The van der Waals surface area contributed by atoms with E-state index in [9.17, 15) is 4.79 Å². The summed E-state index contributed by atoms with van der Waals surface area (Å²) in [5.41, 5.74) is 6.63. The number of nitrogens with two attached hydrogens (primary N) is 1. The summed E-state index contributed by atoms with van der Waals surface area (Å²) in [6.45, 7) is 2.07. The van der Waals surface area contributed by atoms with Gasteiger partial charge in [0.1, 0.15) is 0 Å². The first-order valence-electron chi connectivity index (χ1n) is 6.42. The maximum absolute atomic E-state index is 11.5. The van der Waals surface area contributed by atoms with E-state index in [1.54, 1.807) is 0 Å². The largest absolute Gasteiger partial charge is 0.381 e. The first-order valence-corrected chi connectivity index (χ1v) is 6.42. The molecule has 2 atom stereocenters. The van der Waals surface area contributed by atoms with Crippen molar-refractivity contribution in [1.29, 1.82) is 0 Å². The van der Waals surface area contributed by atoms with Gasteiger partial charge in [-0.2, -0.15) is 0 Å². The summed E-state index contributed by atoms with van der Waals surface area (Å²) in [4.78, 5) is 11.5. The Bertz CT molecular complexity index is 375. The lowest BCUT2D eigenvalue weighted by molar-refractivity contribution is -0.122. The molecule has 0 spiro atoms. The molecule has 4 nitrogen and oxygen atoms in total. The fraction of sp³-hybridized carbons (Fsp3) is 0.500. The molecule has 1 heterocycles. The van der Waals surface area contributed by atoms with E-state index in [0.29, 0.717) is 13.2 Å². The number of carbonyl (C=O) groups excluding carboxylic acids is 1. The van der Waals surface area contributed by atoms with Crippen molar-refractivity contribution < 1.29 is 9.53 Å². The highest BCUT2D eigenvalue weighted by molar-refractivity contribution is 5.80. The molecule has 1 aromatic rings. The third-order valence-corrected chi connectivity index (χ3v) is 3.34. The normalized spacial score (nSPS) is 21.4. The van der Waals surface area contributed by atoms with Crippen molar-refractivity contribution in [2.24, 2.45) is 11.7 Å². The lowest BCUT2D eigenvalue weighted by atomic mass is 9.93. The average Bonchev–Trinajstić information content (AvgIpc) is 2.41. The molecular formula is C14H20N2O2. The third-order valence-electron chi connectivity index (χ3n) is 3.34. The van der Waals surface area contributed by atoms with Crippen LogP contribution in [0.3, 0.4) is 0 Å². The fourth-order valence-corrected chi connectivity index (χ4v) is 2.35. The van der Waals surface area contributed by atoms with Gasteiger partial charge in [0.05, 0.1) is 12.6 Å². The molecule has 2 rings (SSSR count). The number of primary amides is 1. The van der Waals surface area contributed by atoms with Crippen LogP contribution in [0.1, 0.15) is 18.4 Å². The maximum Gasteiger partial charge on any atom is 0.234 e. The van der Waals surface area contributed by atoms with Gasteiger partial charge < -0.3 is 15.8 Å². The molecule has 1 aliphatic rings. The molecular weight excluding hydrogens is 228 g/mol. The fourth-order valence-electron chi connectivity index (χ4n) is 2.35. The second-order valence-corrected chi connectivity index (χ2v) is 4.72. The van der Waals surface area contributed by atoms with Crippen LogP contribution in [0, 0.1) is 5.92 Å². The van der Waals surface area contributed by atoms with Gasteiger partial charge in [0.2, 0.25) is 5.91 Å². The molecule has 2 unspecified atom stereocenters. The van der Waals surface area contributed by atoms with E-state index in [1.165, 1.54) is 0 Å². The minimum Gasteiger partial charge on any atom is -0.381 e. The van der Waals surface area contributed by atoms with Crippen LogP contribution >= 0.6 is 0 Å². The van der Waals surface area contributed by atoms with Crippen LogP contribution in [0.2, 0.25) is 0 Å². The van der Waals surface area contributed by atoms with Crippen LogP contribution in [0.5, 0.6) is 0 Å². The Hall–Kier alpha value is -1.39. The molecule has 1 fully saturated rings. The number of nitrogens with one attached hydrogen (secondary N) is 1. The zero-order chi connectivity index (χ0) is 12.8. The van der Waals surface area contributed by atoms with Gasteiger partial charge in [0.25, 0.3) is 0 Å². The molecule has 1 saturated heterocycles. The molecule has 1 aromatic carbocycles. The Kier molecular flexibility index (Phi) is 4.73. The van der Waals surface area contributed by atoms with Crippen LogP contribution in [-0.2, 0) is 16.1 Å². The number of hydrogen-bond donors (Lipinski definition) is 2. The zero-order valence-electron chi connectivity index (χ0n) is 10.5. The van der Waals surface area contributed by atoms with Crippen LogP contribution in [0.15, 0.2) is 30.3 Å². The first-order chi connectivity index (χ1) is 8.77. The van der Waals surface area contributed by atoms with E-state index in [4.69, 9.17) is 10.5 Å². The standard InChI is InChI=1S/C14H20N2O2/c15-14(17)13(12-7-4-8-18-10-12)16-9-11-5-2-1-3-6-11/h1-3,5-6,12-13,16H,4,7-10H2,(H2,15,17). The minimum atomic E-state index is -0.300. The van der Waals surface area contributed by atoms with E-state index >= 15 is 0 Å². The second-order valence-electron chi connectivity index (χ2n) is 4.72. The van der Waals surface area contributed by atoms with Crippen LogP contribution in [0.25, 0.3) is 0 Å². The highest BCUT2D eigenvalue weighted by atomic mass is 16.5. The minimum absolute atomic E-state index is 0.194. The summed E-state index contributed by atoms with van der Waals surface area (Å²) >= 11 is 0. The van der Waals surface area contributed by atoms with E-state index < -0.39 is 0 Å². The first kappa shape index (κ1) is 13.1. The summed E-state index contributed by atoms with van der Waals surface area (Å²) < 4.78 is 5.42. The lowest BCUT2D eigenvalue weighted by Crippen LogP contribution is -2.48. The summed E-state index contributed by atoms with van der Waals surface area (Å²) in [5.74, 6) is -0.0959. The van der Waals surface area contributed by atoms with Crippen molar-refractivity contribution in [2.45, 2.75) is 25.4 Å². The van der Waals surface area contributed by atoms with E-state index in [2.05, 4.69) is 5.32 Å². The average molecular weight is 248 g/mol. The van der Waals surface area contributed by atoms with E-state index in [0.717, 1.165) is 25.0 Å². The number of benzene rings is 1. The van der Waals surface area contributed by atoms with Crippen molar-refractivity contribution in [3.63, 3.8) is 0 Å². The van der Waals surface area contributed by atoms with Crippen molar-refractivity contribution in [3.8, 4) is 0 Å². The Morgan fingerprint density at radius 1 is 1.44 bits per heavy atom. The third kappa shape index (κ3) is 3.55. The van der Waals surface area contributed by atoms with Crippen molar-refractivity contribution in [2.75, 3.05) is 13.2 Å². The van der Waals surface area contributed by atoms with E-state index in [1.807, 2.05) is 30.3 Å². The molecule has 0 bridgehead atoms. The summed E-state index contributed by atoms with van der Waals surface area (Å²) in [6, 6.07) is 9.71. The molecule has 1 amide bonds. The highest BCUT2D eigenvalue weighted by Crippen LogP contribution is 2.17. The number of carbonyl (C=O) groups is 1.